The summed E-state index contributed by atoms with van der Waals surface area (Å²) < 4.78 is 0. The van der Waals surface area contributed by atoms with Crippen molar-refractivity contribution >= 4 is 28.2 Å². The van der Waals surface area contributed by atoms with E-state index in [1.54, 1.807) is 0 Å². The molecule has 0 fully saturated rings. The number of aryl methyl sites for hydroxylation is 1. The molecule has 1 aromatic heterocycles. The van der Waals surface area contributed by atoms with Crippen LogP contribution in [0.2, 0.25) is 5.02 Å². The molecule has 1 atom stereocenters. The van der Waals surface area contributed by atoms with E-state index in [0.717, 1.165) is 39.3 Å². The third kappa shape index (κ3) is 2.99. The van der Waals surface area contributed by atoms with Crippen LogP contribution in [-0.2, 0) is 6.42 Å². The van der Waals surface area contributed by atoms with E-state index in [2.05, 4.69) is 16.0 Å². The van der Waals surface area contributed by atoms with Crippen LogP contribution in [0, 0.1) is 6.92 Å². The molecule has 0 bridgehead atoms. The maximum absolute atomic E-state index is 6.24. The van der Waals surface area contributed by atoms with Crippen molar-refractivity contribution in [1.29, 1.82) is 0 Å². The third-order valence-electron chi connectivity index (χ3n) is 3.09. The highest BCUT2D eigenvalue weighted by Gasteiger charge is 2.12. The fourth-order valence-electron chi connectivity index (χ4n) is 2.34. The SMILES string of the molecule is Cc1cc(N(C)C)c2cc(Cl)cc(CC(C)N)c2n1. The van der Waals surface area contributed by atoms with Crippen LogP contribution in [0.5, 0.6) is 0 Å². The largest absolute Gasteiger partial charge is 0.377 e. The predicted molar refractivity (Wildman–Crippen MR) is 83.2 cm³/mol. The van der Waals surface area contributed by atoms with Gasteiger partial charge in [-0.25, -0.2) is 0 Å². The Labute approximate surface area is 119 Å². The summed E-state index contributed by atoms with van der Waals surface area (Å²) >= 11 is 6.24. The van der Waals surface area contributed by atoms with Crippen LogP contribution in [-0.4, -0.2) is 25.1 Å². The normalized spacial score (nSPS) is 12.7. The van der Waals surface area contributed by atoms with Crippen LogP contribution in [0.15, 0.2) is 18.2 Å². The Balaban J connectivity index is 2.76. The Morgan fingerprint density at radius 2 is 2.00 bits per heavy atom. The number of benzene rings is 1. The summed E-state index contributed by atoms with van der Waals surface area (Å²) in [5, 5.41) is 1.82. The molecule has 2 rings (SSSR count). The number of rotatable bonds is 3. The van der Waals surface area contributed by atoms with Gasteiger partial charge in [-0.05, 0) is 44.0 Å². The van der Waals surface area contributed by atoms with Gasteiger partial charge in [-0.15, -0.1) is 0 Å². The van der Waals surface area contributed by atoms with E-state index in [0.29, 0.717) is 0 Å². The van der Waals surface area contributed by atoms with Crippen LogP contribution in [0.4, 0.5) is 5.69 Å². The first-order chi connectivity index (χ1) is 8.88. The van der Waals surface area contributed by atoms with Crippen molar-refractivity contribution in [2.45, 2.75) is 26.3 Å². The average molecular weight is 278 g/mol. The minimum Gasteiger partial charge on any atom is -0.377 e. The zero-order chi connectivity index (χ0) is 14.2. The Bertz CT molecular complexity index is 606. The summed E-state index contributed by atoms with van der Waals surface area (Å²) in [5.41, 5.74) is 10.2. The van der Waals surface area contributed by atoms with Crippen LogP contribution < -0.4 is 10.6 Å². The third-order valence-corrected chi connectivity index (χ3v) is 3.31. The van der Waals surface area contributed by atoms with E-state index < -0.39 is 0 Å². The fourth-order valence-corrected chi connectivity index (χ4v) is 2.58. The van der Waals surface area contributed by atoms with Gasteiger partial charge in [0, 0.05) is 41.9 Å². The second-order valence-corrected chi connectivity index (χ2v) is 5.76. The van der Waals surface area contributed by atoms with Crippen LogP contribution >= 0.6 is 11.6 Å². The molecular weight excluding hydrogens is 258 g/mol. The van der Waals surface area contributed by atoms with Crippen molar-refractivity contribution in [3.05, 3.63) is 34.5 Å². The Morgan fingerprint density at radius 3 is 2.58 bits per heavy atom. The van der Waals surface area contributed by atoms with Crippen molar-refractivity contribution in [3.63, 3.8) is 0 Å². The van der Waals surface area contributed by atoms with Crippen molar-refractivity contribution in [3.8, 4) is 0 Å². The number of anilines is 1. The second kappa shape index (κ2) is 5.35. The number of halogens is 1. The number of hydrogen-bond donors (Lipinski definition) is 1. The molecule has 2 aromatic rings. The van der Waals surface area contributed by atoms with Crippen LogP contribution in [0.1, 0.15) is 18.2 Å². The van der Waals surface area contributed by atoms with Crippen LogP contribution in [0.3, 0.4) is 0 Å². The number of nitrogens with two attached hydrogens (primary N) is 1. The molecule has 2 N–H and O–H groups in total. The lowest BCUT2D eigenvalue weighted by atomic mass is 10.0. The fraction of sp³-hybridized carbons (Fsp3) is 0.400. The Morgan fingerprint density at radius 1 is 1.32 bits per heavy atom. The second-order valence-electron chi connectivity index (χ2n) is 5.32. The van der Waals surface area contributed by atoms with Crippen molar-refractivity contribution < 1.29 is 0 Å². The predicted octanol–water partition coefficient (Wildman–Crippen LogP) is 3.15. The van der Waals surface area contributed by atoms with Gasteiger partial charge in [-0.2, -0.15) is 0 Å². The van der Waals surface area contributed by atoms with E-state index in [9.17, 15) is 0 Å². The lowest BCUT2D eigenvalue weighted by molar-refractivity contribution is 0.740. The Hall–Kier alpha value is -1.32. The summed E-state index contributed by atoms with van der Waals surface area (Å²) in [6.45, 7) is 4.01. The number of pyridine rings is 1. The van der Waals surface area contributed by atoms with Gasteiger partial charge in [0.15, 0.2) is 0 Å². The minimum atomic E-state index is 0.0896. The molecule has 1 unspecified atom stereocenters. The van der Waals surface area contributed by atoms with Crippen LogP contribution in [0.25, 0.3) is 10.9 Å². The molecule has 3 nitrogen and oxygen atoms in total. The van der Waals surface area contributed by atoms with Crippen molar-refractivity contribution in [1.82, 2.24) is 4.98 Å². The van der Waals surface area contributed by atoms with E-state index >= 15 is 0 Å². The van der Waals surface area contributed by atoms with Gasteiger partial charge < -0.3 is 10.6 Å². The van der Waals surface area contributed by atoms with E-state index in [1.807, 2.05) is 40.1 Å². The molecule has 0 amide bonds. The molecule has 0 aliphatic rings. The lowest BCUT2D eigenvalue weighted by Crippen LogP contribution is -2.18. The van der Waals surface area contributed by atoms with Gasteiger partial charge in [-0.3, -0.25) is 4.98 Å². The lowest BCUT2D eigenvalue weighted by Gasteiger charge is -2.18. The van der Waals surface area contributed by atoms with Gasteiger partial charge >= 0.3 is 0 Å². The van der Waals surface area contributed by atoms with E-state index in [1.165, 1.54) is 0 Å². The number of aromatic nitrogens is 1. The zero-order valence-electron chi connectivity index (χ0n) is 11.9. The van der Waals surface area contributed by atoms with E-state index in [4.69, 9.17) is 17.3 Å². The zero-order valence-corrected chi connectivity index (χ0v) is 12.6. The summed E-state index contributed by atoms with van der Waals surface area (Å²) in [4.78, 5) is 6.76. The molecule has 0 saturated carbocycles. The smallest absolute Gasteiger partial charge is 0.0759 e. The molecule has 1 heterocycles. The number of nitrogens with zero attached hydrogens (tertiary/aromatic N) is 2. The summed E-state index contributed by atoms with van der Waals surface area (Å²) in [7, 11) is 4.06. The summed E-state index contributed by atoms with van der Waals surface area (Å²) in [6, 6.07) is 6.11. The molecule has 0 aliphatic heterocycles. The number of fused-ring (bicyclic) bond motifs is 1. The maximum Gasteiger partial charge on any atom is 0.0759 e. The Kier molecular flexibility index (Phi) is 3.97. The molecule has 0 radical (unpaired) electrons. The standard InChI is InChI=1S/C15H20ClN3/c1-9(17)5-11-7-12(16)8-13-14(19(3)4)6-10(2)18-15(11)13/h6-9H,5,17H2,1-4H3. The summed E-state index contributed by atoms with van der Waals surface area (Å²) in [5.74, 6) is 0. The molecule has 1 aromatic carbocycles. The quantitative estimate of drug-likeness (QED) is 0.937. The van der Waals surface area contributed by atoms with Gasteiger partial charge in [0.1, 0.15) is 0 Å². The monoisotopic (exact) mass is 277 g/mol. The molecule has 19 heavy (non-hydrogen) atoms. The van der Waals surface area contributed by atoms with Gasteiger partial charge in [0.2, 0.25) is 0 Å². The first kappa shape index (κ1) is 14.1. The number of hydrogen-bond acceptors (Lipinski definition) is 3. The average Bonchev–Trinajstić information content (AvgIpc) is 2.28. The molecule has 0 aliphatic carbocycles. The van der Waals surface area contributed by atoms with E-state index in [-0.39, 0.29) is 6.04 Å². The first-order valence-electron chi connectivity index (χ1n) is 6.41. The molecular formula is C15H20ClN3. The van der Waals surface area contributed by atoms with Gasteiger partial charge in [0.25, 0.3) is 0 Å². The minimum absolute atomic E-state index is 0.0896. The molecule has 4 heteroatoms. The molecule has 0 spiro atoms. The molecule has 102 valence electrons. The van der Waals surface area contributed by atoms with Crippen molar-refractivity contribution in [2.24, 2.45) is 5.73 Å². The van der Waals surface area contributed by atoms with Gasteiger partial charge in [0.05, 0.1) is 5.52 Å². The first-order valence-corrected chi connectivity index (χ1v) is 6.79. The highest BCUT2D eigenvalue weighted by atomic mass is 35.5. The highest BCUT2D eigenvalue weighted by Crippen LogP contribution is 2.31. The topological polar surface area (TPSA) is 42.1 Å². The molecule has 0 saturated heterocycles. The summed E-state index contributed by atoms with van der Waals surface area (Å²) in [6.07, 6.45) is 0.778. The maximum atomic E-state index is 6.24. The van der Waals surface area contributed by atoms with Gasteiger partial charge in [-0.1, -0.05) is 11.6 Å². The highest BCUT2D eigenvalue weighted by molar-refractivity contribution is 6.31. The van der Waals surface area contributed by atoms with Crippen molar-refractivity contribution in [2.75, 3.05) is 19.0 Å².